The lowest BCUT2D eigenvalue weighted by atomic mass is 10.2. The zero-order valence-electron chi connectivity index (χ0n) is 13.2. The molecular weight excluding hydrogens is 392 g/mol. The van der Waals surface area contributed by atoms with Gasteiger partial charge in [-0.15, -0.1) is 10.2 Å². The Labute approximate surface area is 153 Å². The molecule has 5 nitrogen and oxygen atoms in total. The molecular formula is C17H16BrClN4O. The van der Waals surface area contributed by atoms with Gasteiger partial charge in [0.05, 0.1) is 9.50 Å². The average molecular weight is 408 g/mol. The molecule has 3 aromatic rings. The van der Waals surface area contributed by atoms with Crippen LogP contribution in [0.25, 0.3) is 11.4 Å². The maximum Gasteiger partial charge on any atom is 0.173 e. The van der Waals surface area contributed by atoms with Crippen LogP contribution in [0.4, 0.5) is 5.69 Å². The van der Waals surface area contributed by atoms with Crippen molar-refractivity contribution in [1.82, 2.24) is 14.8 Å². The quantitative estimate of drug-likeness (QED) is 0.641. The van der Waals surface area contributed by atoms with Gasteiger partial charge in [-0.2, -0.15) is 0 Å². The summed E-state index contributed by atoms with van der Waals surface area (Å²) in [6.45, 7) is 1.92. The van der Waals surface area contributed by atoms with Crippen molar-refractivity contribution >= 4 is 33.2 Å². The summed E-state index contributed by atoms with van der Waals surface area (Å²) in [6, 6.07) is 13.0. The van der Waals surface area contributed by atoms with Gasteiger partial charge >= 0.3 is 0 Å². The fourth-order valence-electron chi connectivity index (χ4n) is 2.43. The number of nitrogens with zero attached hydrogens (tertiary/aromatic N) is 3. The third kappa shape index (κ3) is 3.25. The number of nitrogen functional groups attached to an aromatic ring is 1. The molecule has 24 heavy (non-hydrogen) atoms. The minimum atomic E-state index is -0.293. The van der Waals surface area contributed by atoms with Gasteiger partial charge < -0.3 is 15.0 Å². The summed E-state index contributed by atoms with van der Waals surface area (Å²) in [4.78, 5) is 0. The van der Waals surface area contributed by atoms with E-state index in [1.807, 2.05) is 48.9 Å². The van der Waals surface area contributed by atoms with E-state index in [9.17, 15) is 0 Å². The second-order valence-corrected chi connectivity index (χ2v) is 6.63. The van der Waals surface area contributed by atoms with Crippen LogP contribution >= 0.6 is 27.5 Å². The molecule has 1 heterocycles. The fourth-order valence-corrected chi connectivity index (χ4v) is 3.14. The van der Waals surface area contributed by atoms with Gasteiger partial charge in [-0.1, -0.05) is 23.7 Å². The van der Waals surface area contributed by atoms with Crippen molar-refractivity contribution < 1.29 is 4.74 Å². The van der Waals surface area contributed by atoms with Crippen LogP contribution in [0.15, 0.2) is 46.9 Å². The molecule has 0 unspecified atom stereocenters. The van der Waals surface area contributed by atoms with Crippen molar-refractivity contribution in [2.45, 2.75) is 13.0 Å². The molecule has 0 amide bonds. The number of hydrogen-bond donors (Lipinski definition) is 1. The lowest BCUT2D eigenvalue weighted by Gasteiger charge is -2.16. The number of aromatic nitrogens is 3. The van der Waals surface area contributed by atoms with E-state index in [0.29, 0.717) is 28.1 Å². The van der Waals surface area contributed by atoms with Crippen LogP contribution in [0.5, 0.6) is 5.75 Å². The van der Waals surface area contributed by atoms with Crippen LogP contribution in [0.1, 0.15) is 18.9 Å². The summed E-state index contributed by atoms with van der Waals surface area (Å²) in [5.41, 5.74) is 7.25. The van der Waals surface area contributed by atoms with E-state index >= 15 is 0 Å². The van der Waals surface area contributed by atoms with E-state index in [0.717, 1.165) is 10.0 Å². The SMILES string of the molecule is C[C@H](Oc1ccc(N)cc1Br)c1nnc(-c2ccccc2Cl)n1C. The van der Waals surface area contributed by atoms with Gasteiger partial charge in [0.2, 0.25) is 0 Å². The van der Waals surface area contributed by atoms with Crippen molar-refractivity contribution in [3.63, 3.8) is 0 Å². The number of benzene rings is 2. The Hall–Kier alpha value is -2.05. The Morgan fingerprint density at radius 3 is 2.67 bits per heavy atom. The zero-order valence-corrected chi connectivity index (χ0v) is 15.5. The average Bonchev–Trinajstić information content (AvgIpc) is 2.92. The highest BCUT2D eigenvalue weighted by molar-refractivity contribution is 9.10. The first kappa shape index (κ1) is 16.8. The van der Waals surface area contributed by atoms with Gasteiger partial charge in [0, 0.05) is 18.3 Å². The standard InChI is InChI=1S/C17H16BrClN4O/c1-10(24-15-8-7-11(20)9-13(15)18)16-21-22-17(23(16)2)12-5-3-4-6-14(12)19/h3-10H,20H2,1-2H3/t10-/m0/s1. The van der Waals surface area contributed by atoms with Gasteiger partial charge in [0.15, 0.2) is 17.8 Å². The number of hydrogen-bond acceptors (Lipinski definition) is 4. The summed E-state index contributed by atoms with van der Waals surface area (Å²) in [7, 11) is 1.89. The summed E-state index contributed by atoms with van der Waals surface area (Å²) in [5.74, 6) is 2.09. The Balaban J connectivity index is 1.89. The molecule has 1 atom stereocenters. The summed E-state index contributed by atoms with van der Waals surface area (Å²) < 4.78 is 8.67. The number of halogens is 2. The van der Waals surface area contributed by atoms with E-state index in [1.165, 1.54) is 0 Å². The maximum absolute atomic E-state index is 6.25. The fraction of sp³-hybridized carbons (Fsp3) is 0.176. The smallest absolute Gasteiger partial charge is 0.173 e. The molecule has 124 valence electrons. The molecule has 1 aromatic heterocycles. The van der Waals surface area contributed by atoms with Crippen LogP contribution in [0, 0.1) is 0 Å². The van der Waals surface area contributed by atoms with E-state index in [-0.39, 0.29) is 6.10 Å². The largest absolute Gasteiger partial charge is 0.482 e. The molecule has 0 spiro atoms. The maximum atomic E-state index is 6.25. The molecule has 0 aliphatic heterocycles. The summed E-state index contributed by atoms with van der Waals surface area (Å²) in [5, 5.41) is 9.16. The number of rotatable bonds is 4. The highest BCUT2D eigenvalue weighted by atomic mass is 79.9. The van der Waals surface area contributed by atoms with Crippen molar-refractivity contribution in [2.75, 3.05) is 5.73 Å². The Kier molecular flexibility index (Phi) is 4.78. The highest BCUT2D eigenvalue weighted by Crippen LogP contribution is 2.32. The first-order chi connectivity index (χ1) is 11.5. The van der Waals surface area contributed by atoms with Crippen LogP contribution < -0.4 is 10.5 Å². The van der Waals surface area contributed by atoms with Crippen LogP contribution in [0.3, 0.4) is 0 Å². The Bertz CT molecular complexity index is 881. The Morgan fingerprint density at radius 1 is 1.21 bits per heavy atom. The molecule has 0 bridgehead atoms. The number of anilines is 1. The first-order valence-electron chi connectivity index (χ1n) is 7.33. The van der Waals surface area contributed by atoms with Crippen molar-refractivity contribution in [3.05, 3.63) is 57.8 Å². The minimum Gasteiger partial charge on any atom is -0.482 e. The van der Waals surface area contributed by atoms with Crippen molar-refractivity contribution in [2.24, 2.45) is 7.05 Å². The molecule has 0 saturated carbocycles. The topological polar surface area (TPSA) is 66.0 Å². The molecule has 0 saturated heterocycles. The molecule has 2 N–H and O–H groups in total. The van der Waals surface area contributed by atoms with Gasteiger partial charge in [0.25, 0.3) is 0 Å². The van der Waals surface area contributed by atoms with Gasteiger partial charge in [-0.05, 0) is 53.2 Å². The summed E-state index contributed by atoms with van der Waals surface area (Å²) >= 11 is 9.71. The van der Waals surface area contributed by atoms with E-state index < -0.39 is 0 Å². The lowest BCUT2D eigenvalue weighted by Crippen LogP contribution is -2.10. The highest BCUT2D eigenvalue weighted by Gasteiger charge is 2.19. The molecule has 0 fully saturated rings. The summed E-state index contributed by atoms with van der Waals surface area (Å²) in [6.07, 6.45) is -0.293. The van der Waals surface area contributed by atoms with Gasteiger partial charge in [-0.25, -0.2) is 0 Å². The zero-order chi connectivity index (χ0) is 17.3. The second-order valence-electron chi connectivity index (χ2n) is 5.37. The predicted molar refractivity (Wildman–Crippen MR) is 99.0 cm³/mol. The van der Waals surface area contributed by atoms with Crippen LogP contribution in [0.2, 0.25) is 5.02 Å². The van der Waals surface area contributed by atoms with Crippen LogP contribution in [-0.4, -0.2) is 14.8 Å². The van der Waals surface area contributed by atoms with E-state index in [4.69, 9.17) is 22.1 Å². The third-order valence-corrected chi connectivity index (χ3v) is 4.60. The minimum absolute atomic E-state index is 0.293. The molecule has 3 rings (SSSR count). The number of ether oxygens (including phenoxy) is 1. The molecule has 7 heteroatoms. The predicted octanol–water partition coefficient (Wildman–Crippen LogP) is 4.62. The number of nitrogens with two attached hydrogens (primary N) is 1. The lowest BCUT2D eigenvalue weighted by molar-refractivity contribution is 0.211. The second kappa shape index (κ2) is 6.83. The Morgan fingerprint density at radius 2 is 1.96 bits per heavy atom. The van der Waals surface area contributed by atoms with Gasteiger partial charge in [-0.3, -0.25) is 0 Å². The van der Waals surface area contributed by atoms with E-state index in [2.05, 4.69) is 26.1 Å². The van der Waals surface area contributed by atoms with Gasteiger partial charge in [0.1, 0.15) is 5.75 Å². The van der Waals surface area contributed by atoms with Crippen molar-refractivity contribution in [1.29, 1.82) is 0 Å². The van der Waals surface area contributed by atoms with Crippen molar-refractivity contribution in [3.8, 4) is 17.1 Å². The monoisotopic (exact) mass is 406 g/mol. The molecule has 0 aliphatic rings. The molecule has 2 aromatic carbocycles. The third-order valence-electron chi connectivity index (χ3n) is 3.65. The first-order valence-corrected chi connectivity index (χ1v) is 8.50. The van der Waals surface area contributed by atoms with Crippen LogP contribution in [-0.2, 0) is 7.05 Å². The molecule has 0 radical (unpaired) electrons. The van der Waals surface area contributed by atoms with E-state index in [1.54, 1.807) is 12.1 Å². The normalized spacial score (nSPS) is 12.2. The molecule has 0 aliphatic carbocycles.